The quantitative estimate of drug-likeness (QED) is 0.850. The molecule has 0 saturated heterocycles. The number of hydrogen-bond donors (Lipinski definition) is 2. The van der Waals surface area contributed by atoms with E-state index in [0.29, 0.717) is 0 Å². The van der Waals surface area contributed by atoms with Crippen LogP contribution in [0.5, 0.6) is 0 Å². The molecule has 0 aliphatic heterocycles. The molecule has 0 aliphatic carbocycles. The standard InChI is InChI=1S/C9H12F2N2O2S/c1-5(12)6-3-7(10)9(8(11)4-6)13-16(2,14)15/h3-5,13H,12H2,1-2H3/t5-/m0/s1. The predicted molar refractivity (Wildman–Crippen MR) is 57.4 cm³/mol. The Kier molecular flexibility index (Phi) is 3.49. The molecule has 0 heterocycles. The molecule has 4 nitrogen and oxygen atoms in total. The van der Waals surface area contributed by atoms with E-state index in [1.54, 1.807) is 11.6 Å². The minimum absolute atomic E-state index is 0.258. The van der Waals surface area contributed by atoms with Crippen LogP contribution >= 0.6 is 0 Å². The number of nitrogens with one attached hydrogen (secondary N) is 1. The highest BCUT2D eigenvalue weighted by Crippen LogP contribution is 2.23. The maximum Gasteiger partial charge on any atom is 0.230 e. The average molecular weight is 250 g/mol. The predicted octanol–water partition coefficient (Wildman–Crippen LogP) is 1.36. The first kappa shape index (κ1) is 12.9. The van der Waals surface area contributed by atoms with Crippen LogP contribution in [-0.2, 0) is 10.0 Å². The van der Waals surface area contributed by atoms with Gasteiger partial charge in [-0.3, -0.25) is 4.72 Å². The summed E-state index contributed by atoms with van der Waals surface area (Å²) in [5, 5.41) is 0. The highest BCUT2D eigenvalue weighted by molar-refractivity contribution is 7.92. The maximum absolute atomic E-state index is 13.4. The Morgan fingerprint density at radius 2 is 1.75 bits per heavy atom. The number of sulfonamides is 1. The van der Waals surface area contributed by atoms with Crippen molar-refractivity contribution in [3.8, 4) is 0 Å². The van der Waals surface area contributed by atoms with Crippen LogP contribution in [0.15, 0.2) is 12.1 Å². The number of benzene rings is 1. The van der Waals surface area contributed by atoms with E-state index in [-0.39, 0.29) is 5.56 Å². The highest BCUT2D eigenvalue weighted by atomic mass is 32.2. The zero-order chi connectivity index (χ0) is 12.5. The van der Waals surface area contributed by atoms with E-state index >= 15 is 0 Å². The van der Waals surface area contributed by atoms with Crippen molar-refractivity contribution in [1.29, 1.82) is 0 Å². The van der Waals surface area contributed by atoms with Crippen LogP contribution in [-0.4, -0.2) is 14.7 Å². The fraction of sp³-hybridized carbons (Fsp3) is 0.333. The second-order valence-electron chi connectivity index (χ2n) is 3.52. The lowest BCUT2D eigenvalue weighted by atomic mass is 10.1. The largest absolute Gasteiger partial charge is 0.324 e. The van der Waals surface area contributed by atoms with E-state index in [1.165, 1.54) is 0 Å². The molecule has 1 aromatic rings. The van der Waals surface area contributed by atoms with Gasteiger partial charge in [-0.15, -0.1) is 0 Å². The van der Waals surface area contributed by atoms with Gasteiger partial charge >= 0.3 is 0 Å². The monoisotopic (exact) mass is 250 g/mol. The molecular formula is C9H12F2N2O2S. The Labute approximate surface area is 92.5 Å². The topological polar surface area (TPSA) is 72.2 Å². The van der Waals surface area contributed by atoms with Gasteiger partial charge in [0.05, 0.1) is 6.26 Å². The molecule has 0 bridgehead atoms. The van der Waals surface area contributed by atoms with Crippen LogP contribution in [0, 0.1) is 11.6 Å². The van der Waals surface area contributed by atoms with Crippen molar-refractivity contribution in [2.75, 3.05) is 11.0 Å². The van der Waals surface area contributed by atoms with Crippen LogP contribution in [0.1, 0.15) is 18.5 Å². The lowest BCUT2D eigenvalue weighted by Crippen LogP contribution is -2.14. The third-order valence-electron chi connectivity index (χ3n) is 1.88. The van der Waals surface area contributed by atoms with Crippen LogP contribution in [0.4, 0.5) is 14.5 Å². The Bertz CT molecular complexity index is 477. The normalized spacial score (nSPS) is 13.6. The molecular weight excluding hydrogens is 238 g/mol. The number of anilines is 1. The molecule has 3 N–H and O–H groups in total. The van der Waals surface area contributed by atoms with Gasteiger partial charge < -0.3 is 5.73 Å². The van der Waals surface area contributed by atoms with E-state index in [0.717, 1.165) is 18.4 Å². The SMILES string of the molecule is C[C@H](N)c1cc(F)c(NS(C)(=O)=O)c(F)c1. The first-order valence-electron chi connectivity index (χ1n) is 4.43. The van der Waals surface area contributed by atoms with Gasteiger partial charge in [0.2, 0.25) is 10.0 Å². The van der Waals surface area contributed by atoms with Crippen molar-refractivity contribution in [2.45, 2.75) is 13.0 Å². The van der Waals surface area contributed by atoms with Crippen LogP contribution in [0.25, 0.3) is 0 Å². The second-order valence-corrected chi connectivity index (χ2v) is 5.27. The van der Waals surface area contributed by atoms with Gasteiger partial charge in [-0.2, -0.15) is 0 Å². The van der Waals surface area contributed by atoms with Crippen LogP contribution in [0.2, 0.25) is 0 Å². The summed E-state index contributed by atoms with van der Waals surface area (Å²) in [5.74, 6) is -1.98. The van der Waals surface area contributed by atoms with Crippen LogP contribution < -0.4 is 10.5 Å². The number of halogens is 2. The summed E-state index contributed by atoms with van der Waals surface area (Å²) in [7, 11) is -3.72. The van der Waals surface area contributed by atoms with Crippen LogP contribution in [0.3, 0.4) is 0 Å². The van der Waals surface area contributed by atoms with Gasteiger partial charge in [-0.25, -0.2) is 17.2 Å². The molecule has 1 atom stereocenters. The highest BCUT2D eigenvalue weighted by Gasteiger charge is 2.15. The zero-order valence-corrected chi connectivity index (χ0v) is 9.61. The van der Waals surface area contributed by atoms with Crippen molar-refractivity contribution in [3.05, 3.63) is 29.3 Å². The summed E-state index contributed by atoms with van der Waals surface area (Å²) in [5.41, 5.74) is 5.03. The Hall–Kier alpha value is -1.21. The van der Waals surface area contributed by atoms with Gasteiger partial charge in [-0.05, 0) is 24.6 Å². The molecule has 0 radical (unpaired) electrons. The van der Waals surface area contributed by atoms with Gasteiger partial charge in [0.25, 0.3) is 0 Å². The van der Waals surface area contributed by atoms with E-state index < -0.39 is 33.4 Å². The van der Waals surface area contributed by atoms with Crippen molar-refractivity contribution in [2.24, 2.45) is 5.73 Å². The summed E-state index contributed by atoms with van der Waals surface area (Å²) < 4.78 is 50.2. The summed E-state index contributed by atoms with van der Waals surface area (Å²) >= 11 is 0. The molecule has 16 heavy (non-hydrogen) atoms. The molecule has 0 amide bonds. The van der Waals surface area contributed by atoms with E-state index in [4.69, 9.17) is 5.73 Å². The molecule has 0 unspecified atom stereocenters. The molecule has 1 rings (SSSR count). The first-order chi connectivity index (χ1) is 7.20. The fourth-order valence-electron chi connectivity index (χ4n) is 1.14. The number of nitrogens with two attached hydrogens (primary N) is 1. The minimum Gasteiger partial charge on any atom is -0.324 e. The summed E-state index contributed by atoms with van der Waals surface area (Å²) in [6.45, 7) is 1.57. The first-order valence-corrected chi connectivity index (χ1v) is 6.32. The fourth-order valence-corrected chi connectivity index (χ4v) is 1.70. The smallest absolute Gasteiger partial charge is 0.230 e. The van der Waals surface area contributed by atoms with Gasteiger partial charge in [0.15, 0.2) is 11.6 Å². The molecule has 0 spiro atoms. The molecule has 0 saturated carbocycles. The van der Waals surface area contributed by atoms with Crippen molar-refractivity contribution in [3.63, 3.8) is 0 Å². The van der Waals surface area contributed by atoms with E-state index in [1.807, 2.05) is 0 Å². The Morgan fingerprint density at radius 3 is 2.06 bits per heavy atom. The van der Waals surface area contributed by atoms with E-state index in [9.17, 15) is 17.2 Å². The maximum atomic E-state index is 13.4. The third kappa shape index (κ3) is 3.14. The number of rotatable bonds is 3. The Morgan fingerprint density at radius 1 is 1.31 bits per heavy atom. The van der Waals surface area contributed by atoms with Gasteiger partial charge in [-0.1, -0.05) is 0 Å². The summed E-state index contributed by atoms with van der Waals surface area (Å²) in [4.78, 5) is 0. The molecule has 90 valence electrons. The molecule has 7 heteroatoms. The molecule has 1 aromatic carbocycles. The lowest BCUT2D eigenvalue weighted by molar-refractivity contribution is 0.579. The third-order valence-corrected chi connectivity index (χ3v) is 2.45. The summed E-state index contributed by atoms with van der Waals surface area (Å²) in [6, 6.07) is 1.47. The Balaban J connectivity index is 3.23. The molecule has 0 fully saturated rings. The zero-order valence-electron chi connectivity index (χ0n) is 8.79. The van der Waals surface area contributed by atoms with Crippen molar-refractivity contribution >= 4 is 15.7 Å². The molecule has 0 aromatic heterocycles. The van der Waals surface area contributed by atoms with Crippen molar-refractivity contribution in [1.82, 2.24) is 0 Å². The second kappa shape index (κ2) is 4.34. The van der Waals surface area contributed by atoms with Crippen molar-refractivity contribution < 1.29 is 17.2 Å². The molecule has 0 aliphatic rings. The van der Waals surface area contributed by atoms with E-state index in [2.05, 4.69) is 0 Å². The average Bonchev–Trinajstić information content (AvgIpc) is 2.09. The summed E-state index contributed by atoms with van der Waals surface area (Å²) in [6.07, 6.45) is 0.811. The minimum atomic E-state index is -3.72. The van der Waals surface area contributed by atoms with Gasteiger partial charge in [0, 0.05) is 6.04 Å². The lowest BCUT2D eigenvalue weighted by Gasteiger charge is -2.11. The van der Waals surface area contributed by atoms with Gasteiger partial charge in [0.1, 0.15) is 5.69 Å². The number of hydrogen-bond acceptors (Lipinski definition) is 3.